The Bertz CT molecular complexity index is 548. The zero-order valence-electron chi connectivity index (χ0n) is 15.2. The molecule has 1 N–H and O–H groups in total. The van der Waals surface area contributed by atoms with Crippen LogP contribution < -0.4 is 5.32 Å². The predicted molar refractivity (Wildman–Crippen MR) is 93.5 cm³/mol. The van der Waals surface area contributed by atoms with Crippen LogP contribution in [0.15, 0.2) is 10.6 Å². The van der Waals surface area contributed by atoms with Gasteiger partial charge in [-0.15, -0.1) is 0 Å². The van der Waals surface area contributed by atoms with Gasteiger partial charge < -0.3 is 14.0 Å². The summed E-state index contributed by atoms with van der Waals surface area (Å²) in [5.74, 6) is 0.339. The third-order valence-corrected chi connectivity index (χ3v) is 5.07. The second-order valence-electron chi connectivity index (χ2n) is 7.06. The van der Waals surface area contributed by atoms with Gasteiger partial charge in [0.25, 0.3) is 0 Å². The number of ether oxygens (including phenoxy) is 2. The van der Waals surface area contributed by atoms with Crippen molar-refractivity contribution in [3.05, 3.63) is 11.8 Å². The summed E-state index contributed by atoms with van der Waals surface area (Å²) in [6.45, 7) is 7.04. The fourth-order valence-electron chi connectivity index (χ4n) is 3.43. The van der Waals surface area contributed by atoms with E-state index >= 15 is 0 Å². The maximum Gasteiger partial charge on any atom is 0.243 e. The Morgan fingerprint density at radius 1 is 1.40 bits per heavy atom. The molecule has 3 rings (SSSR count). The van der Waals surface area contributed by atoms with Gasteiger partial charge in [-0.1, -0.05) is 5.16 Å². The van der Waals surface area contributed by atoms with Crippen LogP contribution in [0.1, 0.15) is 44.7 Å². The minimum atomic E-state index is -0.201. The van der Waals surface area contributed by atoms with E-state index in [0.29, 0.717) is 12.5 Å². The van der Waals surface area contributed by atoms with E-state index in [2.05, 4.69) is 15.4 Å². The number of rotatable bonds is 6. The Morgan fingerprint density at radius 3 is 2.84 bits per heavy atom. The molecule has 2 unspecified atom stereocenters. The van der Waals surface area contributed by atoms with E-state index in [1.807, 2.05) is 13.8 Å². The molecule has 1 aromatic heterocycles. The van der Waals surface area contributed by atoms with Crippen LogP contribution in [0, 0.1) is 6.92 Å². The first-order valence-electron chi connectivity index (χ1n) is 9.33. The van der Waals surface area contributed by atoms with E-state index in [0.717, 1.165) is 44.7 Å². The molecule has 0 aromatic carbocycles. The van der Waals surface area contributed by atoms with Crippen LogP contribution in [0.5, 0.6) is 0 Å². The zero-order chi connectivity index (χ0) is 17.6. The lowest BCUT2D eigenvalue weighted by molar-refractivity contribution is -0.122. The number of likely N-dealkylation sites (tertiary alicyclic amines) is 1. The monoisotopic (exact) mass is 351 g/mol. The zero-order valence-corrected chi connectivity index (χ0v) is 15.2. The van der Waals surface area contributed by atoms with Gasteiger partial charge in [-0.25, -0.2) is 0 Å². The van der Waals surface area contributed by atoms with Crippen molar-refractivity contribution in [2.45, 2.75) is 64.2 Å². The number of carbonyl (C=O) groups excluding carboxylic acids is 1. The number of hydrogen-bond donors (Lipinski definition) is 1. The Hall–Kier alpha value is -1.44. The molecule has 25 heavy (non-hydrogen) atoms. The van der Waals surface area contributed by atoms with Crippen molar-refractivity contribution in [3.8, 4) is 0 Å². The van der Waals surface area contributed by atoms with Crippen LogP contribution >= 0.6 is 0 Å². The quantitative estimate of drug-likeness (QED) is 0.848. The molecule has 1 aromatic rings. The third kappa shape index (κ3) is 5.26. The molecule has 7 heteroatoms. The molecule has 0 bridgehead atoms. The van der Waals surface area contributed by atoms with Crippen LogP contribution in [0.4, 0.5) is 5.88 Å². The maximum absolute atomic E-state index is 12.3. The smallest absolute Gasteiger partial charge is 0.243 e. The van der Waals surface area contributed by atoms with Crippen molar-refractivity contribution in [1.29, 1.82) is 0 Å². The topological polar surface area (TPSA) is 76.8 Å². The molecule has 0 saturated carbocycles. The molecule has 1 amide bonds. The summed E-state index contributed by atoms with van der Waals surface area (Å²) >= 11 is 0. The van der Waals surface area contributed by atoms with Gasteiger partial charge in [-0.3, -0.25) is 15.0 Å². The van der Waals surface area contributed by atoms with Crippen LogP contribution in [0.2, 0.25) is 0 Å². The van der Waals surface area contributed by atoms with E-state index in [4.69, 9.17) is 14.0 Å². The number of nitrogens with zero attached hydrogens (tertiary/aromatic N) is 2. The van der Waals surface area contributed by atoms with Gasteiger partial charge in [0.1, 0.15) is 0 Å². The third-order valence-electron chi connectivity index (χ3n) is 5.07. The summed E-state index contributed by atoms with van der Waals surface area (Å²) in [5.41, 5.74) is 0.753. The number of carbonyl (C=O) groups is 1. The molecular weight excluding hydrogens is 322 g/mol. The highest BCUT2D eigenvalue weighted by molar-refractivity contribution is 5.93. The average Bonchev–Trinajstić information content (AvgIpc) is 3.05. The number of amides is 1. The van der Waals surface area contributed by atoms with Crippen molar-refractivity contribution < 1.29 is 18.8 Å². The Kier molecular flexibility index (Phi) is 6.45. The number of nitrogens with one attached hydrogen (secondary N) is 1. The van der Waals surface area contributed by atoms with Crippen LogP contribution in [-0.4, -0.2) is 60.5 Å². The summed E-state index contributed by atoms with van der Waals surface area (Å²) in [4.78, 5) is 14.5. The number of hydrogen-bond acceptors (Lipinski definition) is 6. The van der Waals surface area contributed by atoms with Crippen molar-refractivity contribution in [2.75, 3.05) is 31.6 Å². The van der Waals surface area contributed by atoms with E-state index in [9.17, 15) is 4.79 Å². The van der Waals surface area contributed by atoms with Gasteiger partial charge in [-0.05, 0) is 46.0 Å². The minimum Gasteiger partial charge on any atom is -0.376 e. The number of aromatic nitrogens is 1. The SMILES string of the molecule is Cc1cc(NC(=O)C(C)N2CCC(OCC3CCCCO3)CC2)on1. The van der Waals surface area contributed by atoms with Gasteiger partial charge in [0.05, 0.1) is 30.6 Å². The fraction of sp³-hybridized carbons (Fsp3) is 0.778. The Balaban J connectivity index is 1.38. The molecule has 140 valence electrons. The summed E-state index contributed by atoms with van der Waals surface area (Å²) in [6, 6.07) is 1.52. The summed E-state index contributed by atoms with van der Waals surface area (Å²) < 4.78 is 16.8. The molecule has 0 radical (unpaired) electrons. The second-order valence-corrected chi connectivity index (χ2v) is 7.06. The van der Waals surface area contributed by atoms with Crippen LogP contribution in [0.3, 0.4) is 0 Å². The normalized spacial score (nSPS) is 24.2. The maximum atomic E-state index is 12.3. The summed E-state index contributed by atoms with van der Waals surface area (Å²) in [7, 11) is 0. The molecule has 7 nitrogen and oxygen atoms in total. The Morgan fingerprint density at radius 2 is 2.20 bits per heavy atom. The van der Waals surface area contributed by atoms with Crippen molar-refractivity contribution in [3.63, 3.8) is 0 Å². The second kappa shape index (κ2) is 8.78. The van der Waals surface area contributed by atoms with Crippen molar-refractivity contribution in [2.24, 2.45) is 0 Å². The van der Waals surface area contributed by atoms with Gasteiger partial charge in [-0.2, -0.15) is 0 Å². The van der Waals surface area contributed by atoms with Crippen LogP contribution in [0.25, 0.3) is 0 Å². The molecular formula is C18H29N3O4. The number of piperidine rings is 1. The molecule has 2 aliphatic heterocycles. The van der Waals surface area contributed by atoms with Gasteiger partial charge >= 0.3 is 0 Å². The molecule has 0 spiro atoms. The molecule has 3 heterocycles. The lowest BCUT2D eigenvalue weighted by Gasteiger charge is -2.35. The highest BCUT2D eigenvalue weighted by Gasteiger charge is 2.28. The largest absolute Gasteiger partial charge is 0.376 e. The number of anilines is 1. The highest BCUT2D eigenvalue weighted by Crippen LogP contribution is 2.19. The Labute approximate surface area is 149 Å². The van der Waals surface area contributed by atoms with Gasteiger partial charge in [0.15, 0.2) is 0 Å². The molecule has 2 fully saturated rings. The molecule has 2 saturated heterocycles. The first-order valence-corrected chi connectivity index (χ1v) is 9.33. The first-order chi connectivity index (χ1) is 12.1. The molecule has 2 aliphatic rings. The lowest BCUT2D eigenvalue weighted by atomic mass is 10.1. The molecule has 2 atom stereocenters. The first kappa shape index (κ1) is 18.4. The van der Waals surface area contributed by atoms with E-state index < -0.39 is 0 Å². The number of aryl methyl sites for hydroxylation is 1. The fourth-order valence-corrected chi connectivity index (χ4v) is 3.43. The van der Waals surface area contributed by atoms with E-state index in [1.165, 1.54) is 12.8 Å². The minimum absolute atomic E-state index is 0.0638. The van der Waals surface area contributed by atoms with Crippen molar-refractivity contribution >= 4 is 11.8 Å². The standard InChI is InChI=1S/C18H29N3O4/c1-13-11-17(25-20-13)19-18(22)14(2)21-8-6-15(7-9-21)24-12-16-5-3-4-10-23-16/h11,14-16H,3-10,12H2,1-2H3,(H,19,22). The van der Waals surface area contributed by atoms with Gasteiger partial charge in [0, 0.05) is 25.8 Å². The predicted octanol–water partition coefficient (Wildman–Crippen LogP) is 2.36. The summed E-state index contributed by atoms with van der Waals surface area (Å²) in [5, 5.41) is 6.56. The molecule has 0 aliphatic carbocycles. The van der Waals surface area contributed by atoms with Crippen LogP contribution in [-0.2, 0) is 14.3 Å². The highest BCUT2D eigenvalue weighted by atomic mass is 16.5. The summed E-state index contributed by atoms with van der Waals surface area (Å²) in [6.07, 6.45) is 5.96. The average molecular weight is 351 g/mol. The van der Waals surface area contributed by atoms with E-state index in [1.54, 1.807) is 6.07 Å². The van der Waals surface area contributed by atoms with Gasteiger partial charge in [0.2, 0.25) is 11.8 Å². The lowest BCUT2D eigenvalue weighted by Crippen LogP contribution is -2.47. The van der Waals surface area contributed by atoms with Crippen molar-refractivity contribution in [1.82, 2.24) is 10.1 Å². The van der Waals surface area contributed by atoms with E-state index in [-0.39, 0.29) is 24.2 Å².